The zero-order chi connectivity index (χ0) is 14.3. The predicted molar refractivity (Wildman–Crippen MR) is 65.8 cm³/mol. The molecule has 1 aromatic carbocycles. The topological polar surface area (TPSA) is 82.1 Å². The third-order valence-electron chi connectivity index (χ3n) is 2.12. The molecule has 0 saturated heterocycles. The SMILES string of the molecule is CCOC(=O)COC(=O)C(C)Oc1ccc(O)cc1. The molecule has 1 unspecified atom stereocenters. The van der Waals surface area contributed by atoms with Gasteiger partial charge in [-0.3, -0.25) is 0 Å². The number of ether oxygens (including phenoxy) is 3. The minimum absolute atomic E-state index is 0.102. The molecule has 0 bridgehead atoms. The smallest absolute Gasteiger partial charge is 0.347 e. The number of phenolic OH excluding ortho intramolecular Hbond substituents is 1. The van der Waals surface area contributed by atoms with Gasteiger partial charge in [-0.25, -0.2) is 9.59 Å². The summed E-state index contributed by atoms with van der Waals surface area (Å²) in [5.74, 6) is -0.753. The normalized spacial score (nSPS) is 11.5. The maximum Gasteiger partial charge on any atom is 0.347 e. The van der Waals surface area contributed by atoms with Crippen LogP contribution in [0.1, 0.15) is 13.8 Å². The summed E-state index contributed by atoms with van der Waals surface area (Å²) in [6.07, 6.45) is -0.862. The molecule has 1 rings (SSSR count). The maximum absolute atomic E-state index is 11.5. The van der Waals surface area contributed by atoms with Crippen LogP contribution in [-0.2, 0) is 19.1 Å². The van der Waals surface area contributed by atoms with E-state index in [4.69, 9.17) is 14.6 Å². The fourth-order valence-electron chi connectivity index (χ4n) is 1.23. The van der Waals surface area contributed by atoms with Crippen LogP contribution >= 0.6 is 0 Å². The first-order chi connectivity index (χ1) is 9.02. The van der Waals surface area contributed by atoms with Crippen molar-refractivity contribution >= 4 is 11.9 Å². The van der Waals surface area contributed by atoms with Crippen molar-refractivity contribution in [3.05, 3.63) is 24.3 Å². The van der Waals surface area contributed by atoms with E-state index in [1.54, 1.807) is 6.92 Å². The molecule has 6 nitrogen and oxygen atoms in total. The van der Waals surface area contributed by atoms with Gasteiger partial charge in [0.05, 0.1) is 6.61 Å². The maximum atomic E-state index is 11.5. The highest BCUT2D eigenvalue weighted by Crippen LogP contribution is 2.17. The molecule has 0 aliphatic rings. The van der Waals surface area contributed by atoms with E-state index < -0.39 is 24.6 Å². The van der Waals surface area contributed by atoms with Gasteiger partial charge < -0.3 is 19.3 Å². The number of hydrogen-bond acceptors (Lipinski definition) is 6. The molecule has 1 aromatic rings. The molecule has 6 heteroatoms. The summed E-state index contributed by atoms with van der Waals surface area (Å²) in [6, 6.07) is 5.91. The molecule has 0 spiro atoms. The quantitative estimate of drug-likeness (QED) is 0.782. The molecule has 0 saturated carbocycles. The van der Waals surface area contributed by atoms with Crippen molar-refractivity contribution in [2.45, 2.75) is 20.0 Å². The van der Waals surface area contributed by atoms with E-state index in [2.05, 4.69) is 4.74 Å². The van der Waals surface area contributed by atoms with E-state index in [-0.39, 0.29) is 12.4 Å². The van der Waals surface area contributed by atoms with E-state index in [1.807, 2.05) is 0 Å². The van der Waals surface area contributed by atoms with Gasteiger partial charge >= 0.3 is 11.9 Å². The van der Waals surface area contributed by atoms with Gasteiger partial charge in [-0.15, -0.1) is 0 Å². The number of esters is 2. The van der Waals surface area contributed by atoms with Crippen LogP contribution < -0.4 is 4.74 Å². The Morgan fingerprint density at radius 1 is 1.21 bits per heavy atom. The average molecular weight is 268 g/mol. The van der Waals surface area contributed by atoms with Crippen LogP contribution in [-0.4, -0.2) is 36.4 Å². The van der Waals surface area contributed by atoms with Crippen LogP contribution in [0.3, 0.4) is 0 Å². The molecule has 0 fully saturated rings. The van der Waals surface area contributed by atoms with Gasteiger partial charge in [-0.05, 0) is 38.1 Å². The number of hydrogen-bond donors (Lipinski definition) is 1. The van der Waals surface area contributed by atoms with Crippen LogP contribution in [0.5, 0.6) is 11.5 Å². The van der Waals surface area contributed by atoms with E-state index >= 15 is 0 Å². The highest BCUT2D eigenvalue weighted by Gasteiger charge is 2.18. The van der Waals surface area contributed by atoms with Crippen molar-refractivity contribution < 1.29 is 28.9 Å². The number of carbonyl (C=O) groups is 2. The zero-order valence-corrected chi connectivity index (χ0v) is 10.8. The van der Waals surface area contributed by atoms with E-state index in [9.17, 15) is 9.59 Å². The van der Waals surface area contributed by atoms with Crippen LogP contribution in [0.25, 0.3) is 0 Å². The van der Waals surface area contributed by atoms with E-state index in [0.29, 0.717) is 5.75 Å². The standard InChI is InChI=1S/C13H16O6/c1-3-17-12(15)8-18-13(16)9(2)19-11-6-4-10(14)5-7-11/h4-7,9,14H,3,8H2,1-2H3. The van der Waals surface area contributed by atoms with Crippen molar-refractivity contribution in [3.63, 3.8) is 0 Å². The van der Waals surface area contributed by atoms with E-state index in [0.717, 1.165) is 0 Å². The van der Waals surface area contributed by atoms with Crippen LogP contribution in [0, 0.1) is 0 Å². The molecule has 0 aliphatic carbocycles. The lowest BCUT2D eigenvalue weighted by Gasteiger charge is -2.13. The predicted octanol–water partition coefficient (Wildman–Crippen LogP) is 1.27. The summed E-state index contributed by atoms with van der Waals surface area (Å²) in [6.45, 7) is 2.96. The highest BCUT2D eigenvalue weighted by atomic mass is 16.6. The number of rotatable bonds is 6. The zero-order valence-electron chi connectivity index (χ0n) is 10.8. The van der Waals surface area contributed by atoms with Gasteiger partial charge in [-0.1, -0.05) is 0 Å². The van der Waals surface area contributed by atoms with Gasteiger partial charge in [0.15, 0.2) is 12.7 Å². The van der Waals surface area contributed by atoms with Crippen LogP contribution in [0.2, 0.25) is 0 Å². The van der Waals surface area contributed by atoms with Crippen molar-refractivity contribution in [1.82, 2.24) is 0 Å². The van der Waals surface area contributed by atoms with Gasteiger partial charge in [-0.2, -0.15) is 0 Å². The Labute approximate surface area is 110 Å². The fraction of sp³-hybridized carbons (Fsp3) is 0.385. The van der Waals surface area contributed by atoms with Crippen molar-refractivity contribution in [2.75, 3.05) is 13.2 Å². The molecule has 0 heterocycles. The molecule has 1 atom stereocenters. The number of aromatic hydroxyl groups is 1. The first-order valence-corrected chi connectivity index (χ1v) is 5.81. The van der Waals surface area contributed by atoms with Gasteiger partial charge in [0.2, 0.25) is 0 Å². The number of phenols is 1. The summed E-state index contributed by atoms with van der Waals surface area (Å²) in [7, 11) is 0. The molecule has 104 valence electrons. The second kappa shape index (κ2) is 7.25. The minimum atomic E-state index is -0.862. The lowest BCUT2D eigenvalue weighted by atomic mass is 10.3. The summed E-state index contributed by atoms with van der Waals surface area (Å²) in [4.78, 5) is 22.5. The molecular weight excluding hydrogens is 252 g/mol. The summed E-state index contributed by atoms with van der Waals surface area (Å²) in [5, 5.41) is 9.10. The van der Waals surface area contributed by atoms with Crippen molar-refractivity contribution in [2.24, 2.45) is 0 Å². The van der Waals surface area contributed by atoms with Crippen LogP contribution in [0.15, 0.2) is 24.3 Å². The Kier molecular flexibility index (Phi) is 5.66. The second-order valence-electron chi connectivity index (χ2n) is 3.67. The summed E-state index contributed by atoms with van der Waals surface area (Å²) >= 11 is 0. The van der Waals surface area contributed by atoms with Crippen molar-refractivity contribution in [3.8, 4) is 11.5 Å². The minimum Gasteiger partial charge on any atom is -0.508 e. The Morgan fingerprint density at radius 3 is 2.42 bits per heavy atom. The monoisotopic (exact) mass is 268 g/mol. The van der Waals surface area contributed by atoms with Crippen LogP contribution in [0.4, 0.5) is 0 Å². The lowest BCUT2D eigenvalue weighted by Crippen LogP contribution is -2.28. The summed E-state index contributed by atoms with van der Waals surface area (Å²) in [5.41, 5.74) is 0. The molecule has 0 radical (unpaired) electrons. The molecule has 0 aliphatic heterocycles. The lowest BCUT2D eigenvalue weighted by molar-refractivity contribution is -0.162. The molecule has 19 heavy (non-hydrogen) atoms. The first-order valence-electron chi connectivity index (χ1n) is 5.81. The Morgan fingerprint density at radius 2 is 1.84 bits per heavy atom. The number of carbonyl (C=O) groups excluding carboxylic acids is 2. The van der Waals surface area contributed by atoms with Gasteiger partial charge in [0.25, 0.3) is 0 Å². The largest absolute Gasteiger partial charge is 0.508 e. The van der Waals surface area contributed by atoms with Crippen molar-refractivity contribution in [1.29, 1.82) is 0 Å². The number of benzene rings is 1. The third-order valence-corrected chi connectivity index (χ3v) is 2.12. The first kappa shape index (κ1) is 14.8. The molecule has 1 N–H and O–H groups in total. The average Bonchev–Trinajstić information content (AvgIpc) is 2.39. The highest BCUT2D eigenvalue weighted by molar-refractivity contribution is 5.79. The van der Waals surface area contributed by atoms with Gasteiger partial charge in [0, 0.05) is 0 Å². The Bertz CT molecular complexity index is 425. The fourth-order valence-corrected chi connectivity index (χ4v) is 1.23. The molecule has 0 aromatic heterocycles. The Balaban J connectivity index is 2.40. The van der Waals surface area contributed by atoms with Gasteiger partial charge in [0.1, 0.15) is 11.5 Å². The summed E-state index contributed by atoms with van der Waals surface area (Å²) < 4.78 is 14.6. The second-order valence-corrected chi connectivity index (χ2v) is 3.67. The van der Waals surface area contributed by atoms with E-state index in [1.165, 1.54) is 31.2 Å². The molecule has 0 amide bonds. The molecular formula is C13H16O6. The third kappa shape index (κ3) is 5.29. The Hall–Kier alpha value is -2.24.